The average Bonchev–Trinajstić information content (AvgIpc) is 3.32. The Bertz CT molecular complexity index is 1020. The maximum Gasteiger partial charge on any atom is 0.223 e. The molecule has 1 aromatic heterocycles. The Labute approximate surface area is 207 Å². The van der Waals surface area contributed by atoms with Crippen molar-refractivity contribution in [2.24, 2.45) is 17.1 Å². The third kappa shape index (κ3) is 4.86. The lowest BCUT2D eigenvalue weighted by Crippen LogP contribution is -2.43. The summed E-state index contributed by atoms with van der Waals surface area (Å²) in [5.74, 6) is -1.76. The van der Waals surface area contributed by atoms with Gasteiger partial charge in [0, 0.05) is 30.3 Å². The number of aromatic nitrogens is 2. The Morgan fingerprint density at radius 3 is 2.47 bits per heavy atom. The Kier molecular flexibility index (Phi) is 7.31. The molecule has 5 rings (SSSR count). The molecule has 34 heavy (non-hydrogen) atoms. The number of hydrogen-bond acceptors (Lipinski definition) is 5. The maximum absolute atomic E-state index is 14.9. The number of nitrogens with one attached hydrogen (secondary N) is 1. The summed E-state index contributed by atoms with van der Waals surface area (Å²) in [5.41, 5.74) is 4.25. The van der Waals surface area contributed by atoms with Crippen LogP contribution in [0.4, 0.5) is 8.78 Å². The Morgan fingerprint density at radius 2 is 2.00 bits per heavy atom. The summed E-state index contributed by atoms with van der Waals surface area (Å²) in [5, 5.41) is 12.8. The zero-order valence-corrected chi connectivity index (χ0v) is 20.2. The molecule has 10 heteroatoms. The third-order valence-corrected chi connectivity index (χ3v) is 8.30. The van der Waals surface area contributed by atoms with Crippen molar-refractivity contribution in [3.05, 3.63) is 51.8 Å². The van der Waals surface area contributed by atoms with E-state index in [0.29, 0.717) is 32.2 Å². The lowest BCUT2D eigenvalue weighted by molar-refractivity contribution is -0.129. The number of halogens is 4. The standard InChI is InChI=1S/C19H21Cl2F2NO2.C5H7N3/c20-11-8-12(25)15(22)13(14(11)21)16(24-17(26)10-2-1-3-10)18-4-6-19(23,9-18)7-5-18;6-3-5-1-2-7-4-8-5/h8,10,16,25H,1-7,9H2,(H,24,26);1-2,4H,3,6H2. The van der Waals surface area contributed by atoms with E-state index in [1.54, 1.807) is 12.3 Å². The van der Waals surface area contributed by atoms with Crippen LogP contribution in [0.5, 0.6) is 5.75 Å². The number of rotatable bonds is 5. The highest BCUT2D eigenvalue weighted by Gasteiger charge is 2.59. The van der Waals surface area contributed by atoms with E-state index in [2.05, 4.69) is 15.3 Å². The minimum absolute atomic E-state index is 0.0161. The highest BCUT2D eigenvalue weighted by Crippen LogP contribution is 2.64. The number of hydrogen-bond donors (Lipinski definition) is 3. The van der Waals surface area contributed by atoms with Crippen LogP contribution in [0, 0.1) is 17.2 Å². The van der Waals surface area contributed by atoms with Gasteiger partial charge in [-0.1, -0.05) is 29.6 Å². The van der Waals surface area contributed by atoms with Gasteiger partial charge in [-0.05, 0) is 56.4 Å². The third-order valence-electron chi connectivity index (χ3n) is 7.50. The van der Waals surface area contributed by atoms with Crippen LogP contribution in [0.3, 0.4) is 0 Å². The SMILES string of the molecule is NCc1ccncn1.O=C(NC(c1c(F)c(O)cc(Cl)c1Cl)C12CCC(F)(CC1)C2)C1CCC1. The van der Waals surface area contributed by atoms with Crippen LogP contribution in [0.15, 0.2) is 24.7 Å². The smallest absolute Gasteiger partial charge is 0.223 e. The highest BCUT2D eigenvalue weighted by atomic mass is 35.5. The van der Waals surface area contributed by atoms with Gasteiger partial charge in [0.05, 0.1) is 21.8 Å². The molecule has 184 valence electrons. The quantitative estimate of drug-likeness (QED) is 0.465. The monoisotopic (exact) mass is 512 g/mol. The van der Waals surface area contributed by atoms with E-state index in [-0.39, 0.29) is 33.9 Å². The van der Waals surface area contributed by atoms with Crippen LogP contribution in [-0.4, -0.2) is 26.7 Å². The zero-order chi connectivity index (χ0) is 24.5. The van der Waals surface area contributed by atoms with Crippen LogP contribution >= 0.6 is 23.2 Å². The van der Waals surface area contributed by atoms with Crippen molar-refractivity contribution in [3.63, 3.8) is 0 Å². The molecule has 2 aromatic rings. The second kappa shape index (κ2) is 9.91. The molecule has 0 spiro atoms. The van der Waals surface area contributed by atoms with E-state index >= 15 is 0 Å². The van der Waals surface area contributed by atoms with Crippen molar-refractivity contribution >= 4 is 29.1 Å². The molecule has 6 nitrogen and oxygen atoms in total. The summed E-state index contributed by atoms with van der Waals surface area (Å²) in [6, 6.07) is 2.04. The van der Waals surface area contributed by atoms with Gasteiger partial charge >= 0.3 is 0 Å². The number of nitrogens with zero attached hydrogens (tertiary/aromatic N) is 2. The molecule has 0 saturated heterocycles. The van der Waals surface area contributed by atoms with E-state index < -0.39 is 28.7 Å². The van der Waals surface area contributed by atoms with Gasteiger partial charge in [-0.2, -0.15) is 0 Å². The molecular formula is C24H28Cl2F2N4O2. The molecule has 3 saturated carbocycles. The fourth-order valence-corrected chi connectivity index (χ4v) is 5.79. The minimum Gasteiger partial charge on any atom is -0.505 e. The number of fused-ring (bicyclic) bond motifs is 2. The summed E-state index contributed by atoms with van der Waals surface area (Å²) in [6.45, 7) is 0.489. The van der Waals surface area contributed by atoms with Crippen molar-refractivity contribution < 1.29 is 18.7 Å². The molecule has 1 heterocycles. The first-order valence-electron chi connectivity index (χ1n) is 11.5. The normalized spacial score (nSPS) is 26.4. The number of amides is 1. The van der Waals surface area contributed by atoms with Gasteiger partial charge in [-0.25, -0.2) is 18.7 Å². The molecule has 1 aromatic carbocycles. The van der Waals surface area contributed by atoms with Gasteiger partial charge < -0.3 is 16.2 Å². The summed E-state index contributed by atoms with van der Waals surface area (Å²) in [4.78, 5) is 20.2. The molecule has 0 radical (unpaired) electrons. The minimum atomic E-state index is -1.26. The Hall–Kier alpha value is -2.03. The molecule has 3 aliphatic carbocycles. The summed E-state index contributed by atoms with van der Waals surface area (Å²) >= 11 is 12.4. The fraction of sp³-hybridized carbons (Fsp3) is 0.542. The Morgan fingerprint density at radius 1 is 1.29 bits per heavy atom. The maximum atomic E-state index is 14.9. The predicted molar refractivity (Wildman–Crippen MR) is 126 cm³/mol. The van der Waals surface area contributed by atoms with Crippen LogP contribution in [0.1, 0.15) is 68.7 Å². The van der Waals surface area contributed by atoms with E-state index in [1.807, 2.05) is 0 Å². The van der Waals surface area contributed by atoms with Crippen molar-refractivity contribution in [3.8, 4) is 5.75 Å². The van der Waals surface area contributed by atoms with Crippen molar-refractivity contribution in [2.45, 2.75) is 69.6 Å². The first-order chi connectivity index (χ1) is 16.2. The van der Waals surface area contributed by atoms with Crippen molar-refractivity contribution in [1.82, 2.24) is 15.3 Å². The second-order valence-corrected chi connectivity index (χ2v) is 10.4. The first kappa shape index (κ1) is 25.1. The van der Waals surface area contributed by atoms with Crippen LogP contribution in [0.25, 0.3) is 0 Å². The first-order valence-corrected chi connectivity index (χ1v) is 12.2. The van der Waals surface area contributed by atoms with Crippen molar-refractivity contribution in [1.29, 1.82) is 0 Å². The molecule has 1 atom stereocenters. The van der Waals surface area contributed by atoms with E-state index in [9.17, 15) is 18.7 Å². The Balaban J connectivity index is 0.000000291. The van der Waals surface area contributed by atoms with E-state index in [0.717, 1.165) is 31.0 Å². The lowest BCUT2D eigenvalue weighted by Gasteiger charge is -2.39. The van der Waals surface area contributed by atoms with Gasteiger partial charge in [0.25, 0.3) is 0 Å². The number of alkyl halides is 1. The highest BCUT2D eigenvalue weighted by molar-refractivity contribution is 6.42. The predicted octanol–water partition coefficient (Wildman–Crippen LogP) is 5.40. The van der Waals surface area contributed by atoms with E-state index in [4.69, 9.17) is 28.9 Å². The second-order valence-electron chi connectivity index (χ2n) is 9.58. The lowest BCUT2D eigenvalue weighted by atomic mass is 9.73. The average molecular weight is 513 g/mol. The van der Waals surface area contributed by atoms with Gasteiger partial charge in [0.15, 0.2) is 11.6 Å². The number of carbonyl (C=O) groups is 1. The van der Waals surface area contributed by atoms with Crippen molar-refractivity contribution in [2.75, 3.05) is 0 Å². The summed E-state index contributed by atoms with van der Waals surface area (Å²) < 4.78 is 29.7. The molecular weight excluding hydrogens is 485 g/mol. The largest absolute Gasteiger partial charge is 0.505 e. The van der Waals surface area contributed by atoms with Crippen LogP contribution in [0.2, 0.25) is 10.0 Å². The number of phenolic OH excluding ortho intramolecular Hbond substituents is 1. The molecule has 4 N–H and O–H groups in total. The van der Waals surface area contributed by atoms with Gasteiger partial charge in [-0.15, -0.1) is 0 Å². The summed E-state index contributed by atoms with van der Waals surface area (Å²) in [6.07, 6.45) is 7.91. The summed E-state index contributed by atoms with van der Waals surface area (Å²) in [7, 11) is 0. The molecule has 2 bridgehead atoms. The van der Waals surface area contributed by atoms with Gasteiger partial charge in [0.2, 0.25) is 5.91 Å². The molecule has 1 amide bonds. The molecule has 1 unspecified atom stereocenters. The van der Waals surface area contributed by atoms with Gasteiger partial charge in [0.1, 0.15) is 12.0 Å². The number of nitrogens with two attached hydrogens (primary N) is 1. The molecule has 3 fully saturated rings. The molecule has 0 aliphatic heterocycles. The number of benzene rings is 1. The van der Waals surface area contributed by atoms with Crippen LogP contribution < -0.4 is 11.1 Å². The van der Waals surface area contributed by atoms with E-state index in [1.165, 1.54) is 6.33 Å². The van der Waals surface area contributed by atoms with Gasteiger partial charge in [-0.3, -0.25) is 4.79 Å². The zero-order valence-electron chi connectivity index (χ0n) is 18.7. The fourth-order valence-electron chi connectivity index (χ4n) is 5.34. The topological polar surface area (TPSA) is 101 Å². The number of carbonyl (C=O) groups excluding carboxylic acids is 1. The number of phenols is 1. The number of aromatic hydroxyl groups is 1. The van der Waals surface area contributed by atoms with Crippen LogP contribution in [-0.2, 0) is 11.3 Å². The molecule has 3 aliphatic rings.